The van der Waals surface area contributed by atoms with Crippen molar-refractivity contribution in [3.63, 3.8) is 0 Å². The van der Waals surface area contributed by atoms with Gasteiger partial charge < -0.3 is 19.7 Å². The minimum atomic E-state index is -4.67. The number of aromatic nitrogens is 4. The molecule has 1 amide bonds. The summed E-state index contributed by atoms with van der Waals surface area (Å²) in [7, 11) is 1.48. The van der Waals surface area contributed by atoms with Crippen LogP contribution in [0.1, 0.15) is 22.8 Å². The zero-order valence-corrected chi connectivity index (χ0v) is 25.6. The van der Waals surface area contributed by atoms with Crippen molar-refractivity contribution in [2.24, 2.45) is 7.05 Å². The van der Waals surface area contributed by atoms with Gasteiger partial charge in [-0.2, -0.15) is 13.2 Å². The van der Waals surface area contributed by atoms with Gasteiger partial charge in [-0.1, -0.05) is 17.7 Å². The number of anilines is 1. The fraction of sp³-hybridized carbons (Fsp3) is 0.333. The number of carbonyl (C=O) groups is 2. The molecule has 4 heterocycles. The van der Waals surface area contributed by atoms with Crippen LogP contribution >= 0.6 is 11.6 Å². The number of benzene rings is 1. The van der Waals surface area contributed by atoms with Crippen molar-refractivity contribution in [3.05, 3.63) is 91.7 Å². The highest BCUT2D eigenvalue weighted by Gasteiger charge is 2.45. The molecule has 3 aromatic heterocycles. The molecule has 0 spiro atoms. The molecule has 1 aliphatic heterocycles. The lowest BCUT2D eigenvalue weighted by Gasteiger charge is -2.38. The Morgan fingerprint density at radius 1 is 1.19 bits per heavy atom. The number of ether oxygens (including phenoxy) is 2. The molecule has 17 heteroatoms. The van der Waals surface area contributed by atoms with E-state index in [2.05, 4.69) is 15.3 Å². The smallest absolute Gasteiger partial charge is 0.411 e. The molecule has 5 rings (SSSR count). The van der Waals surface area contributed by atoms with Crippen LogP contribution in [0.25, 0.3) is 16.7 Å². The predicted molar refractivity (Wildman–Crippen MR) is 161 cm³/mol. The summed E-state index contributed by atoms with van der Waals surface area (Å²) >= 11 is 6.22. The lowest BCUT2D eigenvalue weighted by Crippen LogP contribution is -2.53. The first-order chi connectivity index (χ1) is 22.3. The van der Waals surface area contributed by atoms with Crippen molar-refractivity contribution in [1.29, 1.82) is 0 Å². The second kappa shape index (κ2) is 13.5. The quantitative estimate of drug-likeness (QED) is 0.220. The van der Waals surface area contributed by atoms with E-state index < -0.39 is 64.4 Å². The van der Waals surface area contributed by atoms with Crippen LogP contribution < -0.4 is 21.5 Å². The fourth-order valence-electron chi connectivity index (χ4n) is 5.20. The lowest BCUT2D eigenvalue weighted by molar-refractivity contribution is -0.167. The number of esters is 1. The molecule has 2 atom stereocenters. The number of pyridine rings is 2. The van der Waals surface area contributed by atoms with Crippen LogP contribution in [0.3, 0.4) is 0 Å². The highest BCUT2D eigenvalue weighted by atomic mass is 35.5. The SMILES string of the molecule is CCOC(=O)[C@H](Cc1ccc(-n2c(=O)c3ccncc3n(C)c2=O)nc1)NC(=O)c1c(F)cc(N2CCOC[C@@H]2C(F)(F)F)cc1Cl. The van der Waals surface area contributed by atoms with Gasteiger partial charge >= 0.3 is 17.8 Å². The lowest BCUT2D eigenvalue weighted by atomic mass is 10.1. The third-order valence-corrected chi connectivity index (χ3v) is 7.82. The van der Waals surface area contributed by atoms with Crippen molar-refractivity contribution in [3.8, 4) is 5.82 Å². The van der Waals surface area contributed by atoms with Gasteiger partial charge in [0.15, 0.2) is 0 Å². The molecule has 47 heavy (non-hydrogen) atoms. The van der Waals surface area contributed by atoms with E-state index in [0.717, 1.165) is 21.6 Å². The molecule has 12 nitrogen and oxygen atoms in total. The molecular weight excluding hydrogens is 652 g/mol. The molecule has 0 aliphatic carbocycles. The van der Waals surface area contributed by atoms with E-state index in [0.29, 0.717) is 11.1 Å². The van der Waals surface area contributed by atoms with Crippen molar-refractivity contribution < 1.29 is 36.6 Å². The maximum absolute atomic E-state index is 15.3. The average molecular weight is 679 g/mol. The second-order valence-corrected chi connectivity index (χ2v) is 10.9. The summed E-state index contributed by atoms with van der Waals surface area (Å²) in [4.78, 5) is 61.1. The Morgan fingerprint density at radius 3 is 2.62 bits per heavy atom. The molecule has 1 fully saturated rings. The minimum Gasteiger partial charge on any atom is -0.464 e. The van der Waals surface area contributed by atoms with E-state index in [1.807, 2.05) is 0 Å². The number of hydrogen-bond acceptors (Lipinski definition) is 9. The summed E-state index contributed by atoms with van der Waals surface area (Å²) in [5.74, 6) is -3.19. The van der Waals surface area contributed by atoms with E-state index >= 15 is 4.39 Å². The Balaban J connectivity index is 1.39. The number of carbonyl (C=O) groups excluding carboxylic acids is 2. The van der Waals surface area contributed by atoms with E-state index in [1.165, 1.54) is 48.4 Å². The molecule has 0 saturated carbocycles. The number of nitrogens with zero attached hydrogens (tertiary/aromatic N) is 5. The number of fused-ring (bicyclic) bond motifs is 1. The first-order valence-corrected chi connectivity index (χ1v) is 14.6. The normalized spacial score (nSPS) is 15.8. The summed E-state index contributed by atoms with van der Waals surface area (Å²) in [6.45, 7) is 0.620. The molecule has 0 radical (unpaired) electrons. The minimum absolute atomic E-state index is 0.00300. The third-order valence-electron chi connectivity index (χ3n) is 7.52. The van der Waals surface area contributed by atoms with Crippen molar-refractivity contribution >= 4 is 40.1 Å². The number of morpholine rings is 1. The fourth-order valence-corrected chi connectivity index (χ4v) is 5.48. The van der Waals surface area contributed by atoms with Gasteiger partial charge in [0.05, 0.1) is 47.5 Å². The zero-order valence-electron chi connectivity index (χ0n) is 24.9. The molecular formula is C30H27ClF4N6O6. The van der Waals surface area contributed by atoms with Crippen LogP contribution in [-0.2, 0) is 27.7 Å². The maximum Gasteiger partial charge on any atom is 0.411 e. The Bertz CT molecular complexity index is 1930. The van der Waals surface area contributed by atoms with Crippen molar-refractivity contribution in [2.75, 3.05) is 31.3 Å². The number of hydrogen-bond donors (Lipinski definition) is 1. The van der Waals surface area contributed by atoms with Gasteiger partial charge in [0.1, 0.15) is 23.7 Å². The molecule has 1 N–H and O–H groups in total. The number of halogens is 5. The van der Waals surface area contributed by atoms with Crippen LogP contribution in [0, 0.1) is 5.82 Å². The predicted octanol–water partition coefficient (Wildman–Crippen LogP) is 2.94. The van der Waals surface area contributed by atoms with Gasteiger partial charge in [-0.25, -0.2) is 23.5 Å². The van der Waals surface area contributed by atoms with Crippen LogP contribution in [0.4, 0.5) is 23.2 Å². The van der Waals surface area contributed by atoms with E-state index in [-0.39, 0.29) is 43.1 Å². The first kappa shape index (κ1) is 33.5. The molecule has 1 saturated heterocycles. The van der Waals surface area contributed by atoms with Crippen LogP contribution in [0.5, 0.6) is 0 Å². The maximum atomic E-state index is 15.3. The molecule has 0 bridgehead atoms. The topological polar surface area (TPSA) is 138 Å². The molecule has 1 aliphatic rings. The van der Waals surface area contributed by atoms with E-state index in [9.17, 15) is 32.3 Å². The molecule has 4 aromatic rings. The molecule has 0 unspecified atom stereocenters. The second-order valence-electron chi connectivity index (χ2n) is 10.5. The van der Waals surface area contributed by atoms with Crippen molar-refractivity contribution in [2.45, 2.75) is 31.6 Å². The summed E-state index contributed by atoms with van der Waals surface area (Å²) in [5, 5.41) is 2.14. The van der Waals surface area contributed by atoms with Gasteiger partial charge in [0.25, 0.3) is 11.5 Å². The van der Waals surface area contributed by atoms with Crippen LogP contribution in [0.2, 0.25) is 5.02 Å². The Labute approximate surface area is 268 Å². The Morgan fingerprint density at radius 2 is 1.96 bits per heavy atom. The number of rotatable bonds is 8. The summed E-state index contributed by atoms with van der Waals surface area (Å²) in [6.07, 6.45) is -0.772. The number of amides is 1. The zero-order chi connectivity index (χ0) is 34.0. The van der Waals surface area contributed by atoms with Gasteiger partial charge in [0, 0.05) is 38.1 Å². The molecule has 1 aromatic carbocycles. The van der Waals surface area contributed by atoms with Crippen LogP contribution in [0.15, 0.2) is 58.5 Å². The standard InChI is InChI=1S/C30H27ClF4N6O6/c1-3-47-28(44)21(10-16-4-5-24(37-13-16)41-27(43)18-6-7-36-14-22(18)39(2)29(41)45)38-26(42)25-19(31)11-17(12-20(25)32)40-8-9-46-15-23(40)30(33,34)35/h4-7,11-14,21,23H,3,8-10,15H2,1-2H3,(H,38,42)/t21-,23+/m0/s1. The van der Waals surface area contributed by atoms with Crippen molar-refractivity contribution in [1.82, 2.24) is 24.4 Å². The van der Waals surface area contributed by atoms with Gasteiger partial charge in [-0.05, 0) is 36.8 Å². The first-order valence-electron chi connectivity index (χ1n) is 14.2. The summed E-state index contributed by atoms with van der Waals surface area (Å²) < 4.78 is 68.1. The van der Waals surface area contributed by atoms with E-state index in [1.54, 1.807) is 6.92 Å². The highest BCUT2D eigenvalue weighted by Crippen LogP contribution is 2.34. The summed E-state index contributed by atoms with van der Waals surface area (Å²) in [5.41, 5.74) is -1.46. The number of alkyl halides is 3. The van der Waals surface area contributed by atoms with Gasteiger partial charge in [0.2, 0.25) is 0 Å². The monoisotopic (exact) mass is 678 g/mol. The average Bonchev–Trinajstić information content (AvgIpc) is 3.03. The van der Waals surface area contributed by atoms with E-state index in [4.69, 9.17) is 21.1 Å². The highest BCUT2D eigenvalue weighted by molar-refractivity contribution is 6.34. The molecule has 248 valence electrons. The Hall–Kier alpha value is -4.83. The summed E-state index contributed by atoms with van der Waals surface area (Å²) in [6, 6.07) is 2.72. The largest absolute Gasteiger partial charge is 0.464 e. The number of aryl methyl sites for hydroxylation is 1. The number of nitrogens with one attached hydrogen (secondary N) is 1. The van der Waals surface area contributed by atoms with Gasteiger partial charge in [-0.3, -0.25) is 19.1 Å². The van der Waals surface area contributed by atoms with Crippen LogP contribution in [-0.4, -0.2) is 75.6 Å². The Kier molecular flexibility index (Phi) is 9.63. The van der Waals surface area contributed by atoms with Gasteiger partial charge in [-0.15, -0.1) is 0 Å². The third kappa shape index (κ3) is 6.83.